The number of benzene rings is 1. The molecule has 0 bridgehead atoms. The number of nitrogens with zero attached hydrogens (tertiary/aromatic N) is 5. The molecule has 1 unspecified atom stereocenters. The van der Waals surface area contributed by atoms with Crippen LogP contribution in [-0.4, -0.2) is 46.3 Å². The largest absolute Gasteiger partial charge is 0.494 e. The van der Waals surface area contributed by atoms with Crippen LogP contribution in [0.3, 0.4) is 0 Å². The number of methoxy groups -OCH3 is 1. The molecule has 1 aliphatic rings. The van der Waals surface area contributed by atoms with Crippen LogP contribution in [0.25, 0.3) is 5.69 Å². The van der Waals surface area contributed by atoms with Crippen LogP contribution in [0.1, 0.15) is 18.5 Å². The van der Waals surface area contributed by atoms with Gasteiger partial charge in [-0.05, 0) is 37.6 Å². The van der Waals surface area contributed by atoms with Gasteiger partial charge in [0, 0.05) is 36.8 Å². The van der Waals surface area contributed by atoms with E-state index in [1.807, 2.05) is 22.9 Å². The quantitative estimate of drug-likeness (QED) is 0.321. The van der Waals surface area contributed by atoms with Gasteiger partial charge < -0.3 is 20.8 Å². The molecule has 10 nitrogen and oxygen atoms in total. The molecule has 0 aliphatic carbocycles. The average molecular weight is 385 g/mol. The van der Waals surface area contributed by atoms with Crippen molar-refractivity contribution >= 4 is 17.9 Å². The minimum absolute atomic E-state index is 0.00939. The van der Waals surface area contributed by atoms with Gasteiger partial charge in [-0.2, -0.15) is 5.10 Å². The summed E-state index contributed by atoms with van der Waals surface area (Å²) < 4.78 is 7.36. The van der Waals surface area contributed by atoms with Crippen LogP contribution in [0.5, 0.6) is 5.75 Å². The summed E-state index contributed by atoms with van der Waals surface area (Å²) in [6.07, 6.45) is 5.70. The fraction of sp³-hybridized carbons (Fsp3) is 0.333. The molecule has 0 saturated carbocycles. The van der Waals surface area contributed by atoms with Gasteiger partial charge in [-0.25, -0.2) is 0 Å². The zero-order valence-corrected chi connectivity index (χ0v) is 15.6. The predicted molar refractivity (Wildman–Crippen MR) is 107 cm³/mol. The molecule has 2 heterocycles. The van der Waals surface area contributed by atoms with Crippen molar-refractivity contribution in [3.63, 3.8) is 0 Å². The molecule has 0 amide bonds. The summed E-state index contributed by atoms with van der Waals surface area (Å²) in [5.74, 6) is 0.374. The number of likely N-dealkylation sites (tertiary alicyclic amines) is 1. The second-order valence-electron chi connectivity index (χ2n) is 6.45. The number of rotatable bonds is 7. The van der Waals surface area contributed by atoms with Crippen molar-refractivity contribution in [2.45, 2.75) is 25.4 Å². The van der Waals surface area contributed by atoms with Gasteiger partial charge in [0.05, 0.1) is 23.8 Å². The number of hydrogen-bond acceptors (Lipinski definition) is 6. The summed E-state index contributed by atoms with van der Waals surface area (Å²) >= 11 is 0. The lowest BCUT2D eigenvalue weighted by molar-refractivity contribution is -0.384. The number of hydrogen-bond donors (Lipinski definition) is 2. The van der Waals surface area contributed by atoms with E-state index >= 15 is 0 Å². The van der Waals surface area contributed by atoms with E-state index < -0.39 is 4.92 Å². The van der Waals surface area contributed by atoms with Crippen LogP contribution in [0.4, 0.5) is 5.69 Å². The Morgan fingerprint density at radius 2 is 2.25 bits per heavy atom. The lowest BCUT2D eigenvalue weighted by atomic mass is 10.2. The Balaban J connectivity index is 1.83. The number of ether oxygens (including phenoxy) is 1. The Morgan fingerprint density at radius 1 is 1.43 bits per heavy atom. The highest BCUT2D eigenvalue weighted by atomic mass is 16.6. The molecule has 148 valence electrons. The monoisotopic (exact) mass is 385 g/mol. The van der Waals surface area contributed by atoms with Crippen molar-refractivity contribution in [3.05, 3.63) is 52.3 Å². The topological polar surface area (TPSA) is 137 Å². The number of non-ortho nitro benzene ring substituents is 1. The van der Waals surface area contributed by atoms with E-state index in [0.717, 1.165) is 30.8 Å². The van der Waals surface area contributed by atoms with Crippen LogP contribution in [0.2, 0.25) is 0 Å². The molecule has 0 radical (unpaired) electrons. The van der Waals surface area contributed by atoms with Gasteiger partial charge in [0.2, 0.25) is 5.96 Å². The molecule has 3 rings (SSSR count). The summed E-state index contributed by atoms with van der Waals surface area (Å²) in [7, 11) is 1.50. The molecule has 2 aromatic rings. The van der Waals surface area contributed by atoms with E-state index in [2.05, 4.69) is 15.1 Å². The molecule has 1 fully saturated rings. The van der Waals surface area contributed by atoms with Crippen LogP contribution < -0.4 is 16.2 Å². The number of nitro benzene ring substituents is 1. The smallest absolute Gasteiger partial charge is 0.273 e. The van der Waals surface area contributed by atoms with Crippen LogP contribution >= 0.6 is 0 Å². The molecule has 1 aromatic heterocycles. The Kier molecular flexibility index (Phi) is 5.90. The summed E-state index contributed by atoms with van der Waals surface area (Å²) in [4.78, 5) is 12.9. The third kappa shape index (κ3) is 4.29. The Morgan fingerprint density at radius 3 is 2.96 bits per heavy atom. The highest BCUT2D eigenvalue weighted by Gasteiger charge is 2.24. The molecule has 1 atom stereocenters. The fourth-order valence-electron chi connectivity index (χ4n) is 3.36. The molecule has 1 aromatic carbocycles. The van der Waals surface area contributed by atoms with Crippen molar-refractivity contribution in [2.24, 2.45) is 21.7 Å². The SMILES string of the molecule is COc1cc([N+](=O)[O-])ccc1-n1cccc1CN1CCCC1/C=N/N=C(N)N. The van der Waals surface area contributed by atoms with Crippen molar-refractivity contribution in [3.8, 4) is 11.4 Å². The third-order valence-corrected chi connectivity index (χ3v) is 4.66. The highest BCUT2D eigenvalue weighted by Crippen LogP contribution is 2.30. The van der Waals surface area contributed by atoms with Gasteiger partial charge in [-0.3, -0.25) is 15.0 Å². The molecule has 0 spiro atoms. The summed E-state index contributed by atoms with van der Waals surface area (Å²) in [6.45, 7) is 1.62. The standard InChI is InChI=1S/C18H23N7O3/c1-28-17-10-13(25(26)27)6-7-16(17)24-9-3-5-15(24)12-23-8-2-4-14(23)11-21-22-18(19)20/h3,5-7,9-11,14H,2,4,8,12H2,1H3,(H4,19,20,22)/b21-11+. The van der Waals surface area contributed by atoms with Crippen LogP contribution in [0, 0.1) is 10.1 Å². The fourth-order valence-corrected chi connectivity index (χ4v) is 3.36. The average Bonchev–Trinajstić information content (AvgIpc) is 3.31. The third-order valence-electron chi connectivity index (χ3n) is 4.66. The Hall–Kier alpha value is -3.40. The van der Waals surface area contributed by atoms with Gasteiger partial charge >= 0.3 is 0 Å². The minimum atomic E-state index is -0.437. The van der Waals surface area contributed by atoms with E-state index in [9.17, 15) is 10.1 Å². The van der Waals surface area contributed by atoms with Crippen LogP contribution in [-0.2, 0) is 6.54 Å². The van der Waals surface area contributed by atoms with Crippen molar-refractivity contribution in [1.29, 1.82) is 0 Å². The maximum absolute atomic E-state index is 11.0. The van der Waals surface area contributed by atoms with Crippen LogP contribution in [0.15, 0.2) is 46.7 Å². The summed E-state index contributed by atoms with van der Waals surface area (Å²) in [5, 5.41) is 18.6. The molecule has 1 saturated heterocycles. The van der Waals surface area contributed by atoms with E-state index in [-0.39, 0.29) is 17.7 Å². The number of nitro groups is 1. The number of guanidine groups is 1. The van der Waals surface area contributed by atoms with E-state index in [1.54, 1.807) is 12.3 Å². The summed E-state index contributed by atoms with van der Waals surface area (Å²) in [6, 6.07) is 8.70. The second-order valence-corrected chi connectivity index (χ2v) is 6.45. The molecular weight excluding hydrogens is 362 g/mol. The maximum Gasteiger partial charge on any atom is 0.273 e. The van der Waals surface area contributed by atoms with E-state index in [0.29, 0.717) is 12.3 Å². The highest BCUT2D eigenvalue weighted by molar-refractivity contribution is 5.76. The van der Waals surface area contributed by atoms with Gasteiger partial charge in [-0.15, -0.1) is 5.10 Å². The number of nitrogens with two attached hydrogens (primary N) is 2. The normalized spacial score (nSPS) is 17.1. The first-order valence-electron chi connectivity index (χ1n) is 8.84. The first kappa shape index (κ1) is 19.4. The summed E-state index contributed by atoms with van der Waals surface area (Å²) in [5.41, 5.74) is 12.4. The molecule has 28 heavy (non-hydrogen) atoms. The van der Waals surface area contributed by atoms with Gasteiger partial charge in [0.25, 0.3) is 5.69 Å². The molecule has 1 aliphatic heterocycles. The lowest BCUT2D eigenvalue weighted by Gasteiger charge is -2.22. The predicted octanol–water partition coefficient (Wildman–Crippen LogP) is 1.62. The van der Waals surface area contributed by atoms with Crippen molar-refractivity contribution in [2.75, 3.05) is 13.7 Å². The zero-order chi connectivity index (χ0) is 20.1. The Bertz CT molecular complexity index is 902. The molecule has 4 N–H and O–H groups in total. The second kappa shape index (κ2) is 8.53. The molecule has 10 heteroatoms. The molecular formula is C18H23N7O3. The first-order chi connectivity index (χ1) is 13.5. The minimum Gasteiger partial charge on any atom is -0.494 e. The van der Waals surface area contributed by atoms with Crippen molar-refractivity contribution in [1.82, 2.24) is 9.47 Å². The van der Waals surface area contributed by atoms with Gasteiger partial charge in [0.1, 0.15) is 5.75 Å². The van der Waals surface area contributed by atoms with E-state index in [1.165, 1.54) is 19.2 Å². The Labute approximate surface area is 162 Å². The van der Waals surface area contributed by atoms with Gasteiger partial charge in [-0.1, -0.05) is 0 Å². The van der Waals surface area contributed by atoms with Crippen molar-refractivity contribution < 1.29 is 9.66 Å². The number of aromatic nitrogens is 1. The van der Waals surface area contributed by atoms with Gasteiger partial charge in [0.15, 0.2) is 0 Å². The lowest BCUT2D eigenvalue weighted by Crippen LogP contribution is -2.31. The maximum atomic E-state index is 11.0. The first-order valence-corrected chi connectivity index (χ1v) is 8.84. The zero-order valence-electron chi connectivity index (χ0n) is 15.6. The van der Waals surface area contributed by atoms with E-state index in [4.69, 9.17) is 16.2 Å².